The van der Waals surface area contributed by atoms with Gasteiger partial charge in [-0.3, -0.25) is 0 Å². The molecule has 1 fully saturated rings. The van der Waals surface area contributed by atoms with Gasteiger partial charge >= 0.3 is 0 Å². The second-order valence-electron chi connectivity index (χ2n) is 4.88. The number of nitrogens with two attached hydrogens (primary N) is 1. The Balaban J connectivity index is 2.09. The molecule has 17 heavy (non-hydrogen) atoms. The van der Waals surface area contributed by atoms with E-state index in [1.165, 1.54) is 25.7 Å². The fourth-order valence-corrected chi connectivity index (χ4v) is 2.89. The Morgan fingerprint density at radius 3 is 2.76 bits per heavy atom. The van der Waals surface area contributed by atoms with Gasteiger partial charge in [-0.05, 0) is 24.5 Å². The van der Waals surface area contributed by atoms with Crippen LogP contribution in [0.3, 0.4) is 0 Å². The highest BCUT2D eigenvalue weighted by molar-refractivity contribution is 6.30. The number of hydrogen-bond donors (Lipinski definition) is 1. The van der Waals surface area contributed by atoms with Crippen LogP contribution in [0.2, 0.25) is 5.02 Å². The molecule has 0 amide bonds. The van der Waals surface area contributed by atoms with Crippen molar-refractivity contribution in [1.29, 1.82) is 0 Å². The molecule has 94 valence electrons. The van der Waals surface area contributed by atoms with Crippen molar-refractivity contribution < 1.29 is 4.74 Å². The van der Waals surface area contributed by atoms with Gasteiger partial charge in [0.05, 0.1) is 7.11 Å². The van der Waals surface area contributed by atoms with Crippen LogP contribution >= 0.6 is 11.6 Å². The average molecular weight is 254 g/mol. The molecule has 1 atom stereocenters. The van der Waals surface area contributed by atoms with Crippen LogP contribution in [-0.2, 0) is 0 Å². The van der Waals surface area contributed by atoms with E-state index in [1.54, 1.807) is 7.11 Å². The van der Waals surface area contributed by atoms with Crippen LogP contribution in [0.5, 0.6) is 5.75 Å². The van der Waals surface area contributed by atoms with Gasteiger partial charge in [-0.1, -0.05) is 43.4 Å². The van der Waals surface area contributed by atoms with Crippen LogP contribution in [0.1, 0.15) is 43.7 Å². The van der Waals surface area contributed by atoms with Gasteiger partial charge in [0.1, 0.15) is 5.75 Å². The largest absolute Gasteiger partial charge is 0.496 e. The highest BCUT2D eigenvalue weighted by Gasteiger charge is 2.20. The molecule has 1 aromatic rings. The predicted molar refractivity (Wildman–Crippen MR) is 71.5 cm³/mol. The molecule has 0 saturated heterocycles. The summed E-state index contributed by atoms with van der Waals surface area (Å²) < 4.78 is 5.35. The van der Waals surface area contributed by atoms with Gasteiger partial charge in [0.15, 0.2) is 0 Å². The van der Waals surface area contributed by atoms with E-state index >= 15 is 0 Å². The number of benzene rings is 1. The van der Waals surface area contributed by atoms with Crippen molar-refractivity contribution in [2.45, 2.75) is 38.1 Å². The maximum Gasteiger partial charge on any atom is 0.125 e. The normalized spacial score (nSPS) is 18.3. The summed E-state index contributed by atoms with van der Waals surface area (Å²) in [4.78, 5) is 0. The second kappa shape index (κ2) is 5.74. The van der Waals surface area contributed by atoms with E-state index in [0.717, 1.165) is 23.7 Å². The lowest BCUT2D eigenvalue weighted by atomic mass is 9.94. The summed E-state index contributed by atoms with van der Waals surface area (Å²) in [6.07, 6.45) is 6.41. The first kappa shape index (κ1) is 12.7. The van der Waals surface area contributed by atoms with Crippen molar-refractivity contribution in [2.75, 3.05) is 7.11 Å². The number of halogens is 1. The minimum Gasteiger partial charge on any atom is -0.496 e. The first-order valence-corrected chi connectivity index (χ1v) is 6.67. The molecular formula is C14H20ClNO. The Bertz CT molecular complexity index is 374. The molecule has 1 aromatic carbocycles. The van der Waals surface area contributed by atoms with Crippen LogP contribution in [-0.4, -0.2) is 7.11 Å². The topological polar surface area (TPSA) is 35.2 Å². The number of ether oxygens (including phenoxy) is 1. The van der Waals surface area contributed by atoms with Crippen LogP contribution in [0.4, 0.5) is 0 Å². The molecule has 2 rings (SSSR count). The molecular weight excluding hydrogens is 234 g/mol. The summed E-state index contributed by atoms with van der Waals surface area (Å²) in [7, 11) is 1.66. The van der Waals surface area contributed by atoms with Crippen LogP contribution in [0.25, 0.3) is 0 Å². The molecule has 0 spiro atoms. The molecule has 0 heterocycles. The molecule has 0 bridgehead atoms. The Kier molecular flexibility index (Phi) is 4.30. The molecule has 0 aromatic heterocycles. The SMILES string of the molecule is COc1cc(Cl)ccc1C(N)CC1CCCC1. The summed E-state index contributed by atoms with van der Waals surface area (Å²) >= 11 is 5.95. The van der Waals surface area contributed by atoms with E-state index in [2.05, 4.69) is 0 Å². The molecule has 2 nitrogen and oxygen atoms in total. The standard InChI is InChI=1S/C14H20ClNO/c1-17-14-9-11(15)6-7-12(14)13(16)8-10-4-2-3-5-10/h6-7,9-10,13H,2-5,8,16H2,1H3. The summed E-state index contributed by atoms with van der Waals surface area (Å²) in [5.74, 6) is 1.59. The fraction of sp³-hybridized carbons (Fsp3) is 0.571. The van der Waals surface area contributed by atoms with Gasteiger partial charge in [-0.25, -0.2) is 0 Å². The lowest BCUT2D eigenvalue weighted by Crippen LogP contribution is -2.15. The number of methoxy groups -OCH3 is 1. The second-order valence-corrected chi connectivity index (χ2v) is 5.32. The summed E-state index contributed by atoms with van der Waals surface area (Å²) in [5, 5.41) is 0.693. The van der Waals surface area contributed by atoms with Gasteiger partial charge in [0, 0.05) is 16.6 Å². The Morgan fingerprint density at radius 2 is 2.12 bits per heavy atom. The predicted octanol–water partition coefficient (Wildman–Crippen LogP) is 3.93. The van der Waals surface area contributed by atoms with Gasteiger partial charge in [0.25, 0.3) is 0 Å². The van der Waals surface area contributed by atoms with E-state index in [9.17, 15) is 0 Å². The van der Waals surface area contributed by atoms with Crippen molar-refractivity contribution >= 4 is 11.6 Å². The van der Waals surface area contributed by atoms with E-state index in [-0.39, 0.29) is 6.04 Å². The monoisotopic (exact) mass is 253 g/mol. The molecule has 0 radical (unpaired) electrons. The third kappa shape index (κ3) is 3.14. The first-order valence-electron chi connectivity index (χ1n) is 6.29. The molecule has 1 saturated carbocycles. The van der Waals surface area contributed by atoms with Crippen molar-refractivity contribution in [3.63, 3.8) is 0 Å². The summed E-state index contributed by atoms with van der Waals surface area (Å²) in [6.45, 7) is 0. The van der Waals surface area contributed by atoms with Crippen molar-refractivity contribution in [3.05, 3.63) is 28.8 Å². The van der Waals surface area contributed by atoms with Crippen molar-refractivity contribution in [2.24, 2.45) is 11.7 Å². The molecule has 1 unspecified atom stereocenters. The third-order valence-corrected chi connectivity index (χ3v) is 3.89. The highest BCUT2D eigenvalue weighted by Crippen LogP contribution is 2.35. The molecule has 1 aliphatic rings. The lowest BCUT2D eigenvalue weighted by Gasteiger charge is -2.19. The van der Waals surface area contributed by atoms with Crippen LogP contribution < -0.4 is 10.5 Å². The molecule has 0 aliphatic heterocycles. The zero-order chi connectivity index (χ0) is 12.3. The zero-order valence-corrected chi connectivity index (χ0v) is 11.0. The number of hydrogen-bond acceptors (Lipinski definition) is 2. The third-order valence-electron chi connectivity index (χ3n) is 3.66. The minimum atomic E-state index is 0.0605. The van der Waals surface area contributed by atoms with Crippen LogP contribution in [0, 0.1) is 5.92 Å². The lowest BCUT2D eigenvalue weighted by molar-refractivity contribution is 0.393. The molecule has 1 aliphatic carbocycles. The molecule has 2 N–H and O–H groups in total. The van der Waals surface area contributed by atoms with E-state index < -0.39 is 0 Å². The quantitative estimate of drug-likeness (QED) is 0.883. The fourth-order valence-electron chi connectivity index (χ4n) is 2.72. The van der Waals surface area contributed by atoms with Gasteiger partial charge in [0.2, 0.25) is 0 Å². The summed E-state index contributed by atoms with van der Waals surface area (Å²) in [5.41, 5.74) is 7.35. The van der Waals surface area contributed by atoms with Gasteiger partial charge in [-0.15, -0.1) is 0 Å². The van der Waals surface area contributed by atoms with Gasteiger partial charge < -0.3 is 10.5 Å². The summed E-state index contributed by atoms with van der Waals surface area (Å²) in [6, 6.07) is 5.77. The minimum absolute atomic E-state index is 0.0605. The van der Waals surface area contributed by atoms with E-state index in [0.29, 0.717) is 5.02 Å². The maximum absolute atomic E-state index is 6.28. The zero-order valence-electron chi connectivity index (χ0n) is 10.3. The van der Waals surface area contributed by atoms with Crippen molar-refractivity contribution in [3.8, 4) is 5.75 Å². The highest BCUT2D eigenvalue weighted by atomic mass is 35.5. The van der Waals surface area contributed by atoms with E-state index in [1.807, 2.05) is 18.2 Å². The van der Waals surface area contributed by atoms with E-state index in [4.69, 9.17) is 22.1 Å². The Morgan fingerprint density at radius 1 is 1.41 bits per heavy atom. The average Bonchev–Trinajstić information content (AvgIpc) is 2.81. The Hall–Kier alpha value is -0.730. The van der Waals surface area contributed by atoms with Gasteiger partial charge in [-0.2, -0.15) is 0 Å². The molecule has 3 heteroatoms. The smallest absolute Gasteiger partial charge is 0.125 e. The Labute approximate surface area is 108 Å². The first-order chi connectivity index (χ1) is 8.20. The van der Waals surface area contributed by atoms with Crippen molar-refractivity contribution in [1.82, 2.24) is 0 Å². The van der Waals surface area contributed by atoms with Crippen LogP contribution in [0.15, 0.2) is 18.2 Å². The maximum atomic E-state index is 6.28. The number of rotatable bonds is 4.